The van der Waals surface area contributed by atoms with E-state index in [-0.39, 0.29) is 17.9 Å². The Balaban J connectivity index is 1.84. The van der Waals surface area contributed by atoms with Crippen LogP contribution in [-0.4, -0.2) is 55.7 Å². The average Bonchev–Trinajstić information content (AvgIpc) is 3.09. The molecule has 1 saturated heterocycles. The van der Waals surface area contributed by atoms with Crippen LogP contribution in [0.25, 0.3) is 0 Å². The summed E-state index contributed by atoms with van der Waals surface area (Å²) in [4.78, 5) is 17.6. The highest BCUT2D eigenvalue weighted by Gasteiger charge is 2.34. The van der Waals surface area contributed by atoms with Crippen molar-refractivity contribution >= 4 is 17.6 Å². The molecule has 1 aliphatic heterocycles. The molecule has 0 saturated carbocycles. The van der Waals surface area contributed by atoms with E-state index in [4.69, 9.17) is 0 Å². The summed E-state index contributed by atoms with van der Waals surface area (Å²) in [5.74, 6) is 0.473. The van der Waals surface area contributed by atoms with Crippen LogP contribution in [0.4, 0.5) is 18.9 Å². The van der Waals surface area contributed by atoms with Gasteiger partial charge < -0.3 is 16.0 Å². The number of guanidine groups is 1. The second-order valence-electron chi connectivity index (χ2n) is 7.40. The van der Waals surface area contributed by atoms with Crippen molar-refractivity contribution in [3.63, 3.8) is 0 Å². The van der Waals surface area contributed by atoms with Gasteiger partial charge in [0.05, 0.1) is 6.54 Å². The van der Waals surface area contributed by atoms with E-state index in [0.717, 1.165) is 17.7 Å². The van der Waals surface area contributed by atoms with Crippen LogP contribution in [0.3, 0.4) is 0 Å². The predicted octanol–water partition coefficient (Wildman–Crippen LogP) is 2.97. The first kappa shape index (κ1) is 23.0. The number of alkyl halides is 3. The van der Waals surface area contributed by atoms with Crippen molar-refractivity contribution in [3.05, 3.63) is 29.8 Å². The van der Waals surface area contributed by atoms with Gasteiger partial charge in [0.15, 0.2) is 5.96 Å². The van der Waals surface area contributed by atoms with Gasteiger partial charge in [0, 0.05) is 44.3 Å². The van der Waals surface area contributed by atoms with Crippen molar-refractivity contribution in [3.8, 4) is 0 Å². The van der Waals surface area contributed by atoms with Gasteiger partial charge >= 0.3 is 6.18 Å². The lowest BCUT2D eigenvalue weighted by Gasteiger charge is -2.20. The summed E-state index contributed by atoms with van der Waals surface area (Å²) < 4.78 is 37.6. The first-order valence-corrected chi connectivity index (χ1v) is 9.86. The maximum Gasteiger partial charge on any atom is 0.401 e. The summed E-state index contributed by atoms with van der Waals surface area (Å²) >= 11 is 0. The second kappa shape index (κ2) is 10.5. The number of likely N-dealkylation sites (tertiary alicyclic amines) is 1. The third-order valence-electron chi connectivity index (χ3n) is 4.95. The zero-order chi connectivity index (χ0) is 21.4. The van der Waals surface area contributed by atoms with Gasteiger partial charge in [0.1, 0.15) is 0 Å². The van der Waals surface area contributed by atoms with Gasteiger partial charge in [-0.2, -0.15) is 13.2 Å². The van der Waals surface area contributed by atoms with Crippen LogP contribution >= 0.6 is 0 Å². The van der Waals surface area contributed by atoms with Gasteiger partial charge in [-0.1, -0.05) is 26.0 Å². The first-order valence-electron chi connectivity index (χ1n) is 9.86. The molecule has 1 fully saturated rings. The van der Waals surface area contributed by atoms with Crippen molar-refractivity contribution in [2.24, 2.45) is 10.9 Å². The van der Waals surface area contributed by atoms with E-state index in [0.29, 0.717) is 32.0 Å². The molecule has 2 atom stereocenters. The zero-order valence-electron chi connectivity index (χ0n) is 17.1. The zero-order valence-corrected chi connectivity index (χ0v) is 17.1. The Morgan fingerprint density at radius 1 is 1.38 bits per heavy atom. The molecule has 1 aromatic rings. The van der Waals surface area contributed by atoms with Crippen LogP contribution in [0.2, 0.25) is 0 Å². The van der Waals surface area contributed by atoms with E-state index >= 15 is 0 Å². The number of nitrogens with zero attached hydrogens (tertiary/aromatic N) is 2. The van der Waals surface area contributed by atoms with Gasteiger partial charge in [0.2, 0.25) is 5.91 Å². The molecule has 3 N–H and O–H groups in total. The summed E-state index contributed by atoms with van der Waals surface area (Å²) in [5.41, 5.74) is 1.69. The summed E-state index contributed by atoms with van der Waals surface area (Å²) in [7, 11) is 1.63. The Bertz CT molecular complexity index is 708. The van der Waals surface area contributed by atoms with Crippen molar-refractivity contribution in [2.45, 2.75) is 45.5 Å². The lowest BCUT2D eigenvalue weighted by Crippen LogP contribution is -2.44. The highest BCUT2D eigenvalue weighted by atomic mass is 19.4. The molecule has 1 aromatic carbocycles. The van der Waals surface area contributed by atoms with E-state index in [9.17, 15) is 18.0 Å². The molecule has 0 aliphatic carbocycles. The number of benzene rings is 1. The number of rotatable bonds is 7. The van der Waals surface area contributed by atoms with E-state index in [1.165, 1.54) is 4.90 Å². The van der Waals surface area contributed by atoms with E-state index in [1.807, 2.05) is 38.1 Å². The number of anilines is 1. The summed E-state index contributed by atoms with van der Waals surface area (Å²) in [6.45, 7) is 4.19. The third-order valence-corrected chi connectivity index (χ3v) is 4.95. The Kier molecular flexibility index (Phi) is 8.31. The normalized spacial score (nSPS) is 19.1. The molecule has 9 heteroatoms. The number of amides is 1. The lowest BCUT2D eigenvalue weighted by molar-refractivity contribution is -0.143. The number of nitrogens with one attached hydrogen (secondary N) is 3. The van der Waals surface area contributed by atoms with Gasteiger partial charge in [-0.25, -0.2) is 0 Å². The quantitative estimate of drug-likeness (QED) is 0.475. The van der Waals surface area contributed by atoms with Crippen LogP contribution in [-0.2, 0) is 11.3 Å². The van der Waals surface area contributed by atoms with Crippen LogP contribution < -0.4 is 16.0 Å². The summed E-state index contributed by atoms with van der Waals surface area (Å²) in [6.07, 6.45) is -2.77. The largest absolute Gasteiger partial charge is 0.401 e. The molecular weight excluding hydrogens is 383 g/mol. The van der Waals surface area contributed by atoms with Crippen LogP contribution in [0, 0.1) is 5.92 Å². The fourth-order valence-electron chi connectivity index (χ4n) is 3.13. The van der Waals surface area contributed by atoms with Crippen LogP contribution in [0.15, 0.2) is 29.3 Å². The van der Waals surface area contributed by atoms with Crippen LogP contribution in [0.5, 0.6) is 0 Å². The number of carbonyl (C=O) groups is 1. The molecule has 0 bridgehead atoms. The Morgan fingerprint density at radius 2 is 2.14 bits per heavy atom. The maximum atomic E-state index is 12.5. The van der Waals surface area contributed by atoms with Gasteiger partial charge in [-0.15, -0.1) is 0 Å². The Morgan fingerprint density at radius 3 is 2.79 bits per heavy atom. The standard InChI is InChI=1S/C20H30F3N5O/c1-4-14(2)18(29)26-16-7-5-6-15(10-16)11-25-19(24-3)27-17-8-9-28(12-17)13-20(21,22)23/h5-7,10,14,17H,4,8-9,11-13H2,1-3H3,(H,26,29)(H2,24,25,27). The fourth-order valence-corrected chi connectivity index (χ4v) is 3.13. The molecule has 6 nitrogen and oxygen atoms in total. The van der Waals surface area contributed by atoms with E-state index < -0.39 is 12.7 Å². The first-order chi connectivity index (χ1) is 13.7. The topological polar surface area (TPSA) is 68.8 Å². The maximum absolute atomic E-state index is 12.5. The Hall–Kier alpha value is -2.29. The molecule has 0 radical (unpaired) electrons. The molecule has 2 rings (SSSR count). The van der Waals surface area contributed by atoms with E-state index in [1.54, 1.807) is 7.05 Å². The average molecular weight is 413 g/mol. The molecule has 29 heavy (non-hydrogen) atoms. The summed E-state index contributed by atoms with van der Waals surface area (Å²) in [5, 5.41) is 9.26. The van der Waals surface area contributed by atoms with Crippen molar-refractivity contribution in [2.75, 3.05) is 32.0 Å². The SMILES string of the molecule is CCC(C)C(=O)Nc1cccc(CNC(=NC)NC2CCN(CC(F)(F)F)C2)c1. The minimum absolute atomic E-state index is 0.0141. The highest BCUT2D eigenvalue weighted by Crippen LogP contribution is 2.20. The van der Waals surface area contributed by atoms with Gasteiger partial charge in [-0.05, 0) is 30.5 Å². The van der Waals surface area contributed by atoms with Gasteiger partial charge in [-0.3, -0.25) is 14.7 Å². The van der Waals surface area contributed by atoms with Crippen molar-refractivity contribution in [1.82, 2.24) is 15.5 Å². The van der Waals surface area contributed by atoms with Crippen molar-refractivity contribution in [1.29, 1.82) is 0 Å². The van der Waals surface area contributed by atoms with E-state index in [2.05, 4.69) is 20.9 Å². The second-order valence-corrected chi connectivity index (χ2v) is 7.40. The smallest absolute Gasteiger partial charge is 0.352 e. The van der Waals surface area contributed by atoms with Crippen LogP contribution in [0.1, 0.15) is 32.3 Å². The molecule has 0 aromatic heterocycles. The minimum Gasteiger partial charge on any atom is -0.352 e. The highest BCUT2D eigenvalue weighted by molar-refractivity contribution is 5.92. The number of hydrogen-bond acceptors (Lipinski definition) is 3. The molecular formula is C20H30F3N5O. The van der Waals surface area contributed by atoms with Crippen molar-refractivity contribution < 1.29 is 18.0 Å². The number of hydrogen-bond donors (Lipinski definition) is 3. The fraction of sp³-hybridized carbons (Fsp3) is 0.600. The summed E-state index contributed by atoms with van der Waals surface area (Å²) in [6, 6.07) is 7.45. The monoisotopic (exact) mass is 413 g/mol. The predicted molar refractivity (Wildman–Crippen MR) is 109 cm³/mol. The third kappa shape index (κ3) is 7.92. The molecule has 1 heterocycles. The minimum atomic E-state index is -4.18. The lowest BCUT2D eigenvalue weighted by atomic mass is 10.1. The molecule has 1 aliphatic rings. The number of carbonyl (C=O) groups excluding carboxylic acids is 1. The molecule has 2 unspecified atom stereocenters. The molecule has 1 amide bonds. The number of halogens is 3. The Labute approximate surface area is 169 Å². The molecule has 162 valence electrons. The van der Waals surface area contributed by atoms with Gasteiger partial charge in [0.25, 0.3) is 0 Å². The molecule has 0 spiro atoms. The number of aliphatic imine (C=N–C) groups is 1.